The molecule has 0 saturated carbocycles. The van der Waals surface area contributed by atoms with E-state index in [0.717, 1.165) is 5.56 Å². The van der Waals surface area contributed by atoms with Gasteiger partial charge in [0.25, 0.3) is 5.91 Å². The van der Waals surface area contributed by atoms with Crippen LogP contribution in [0.1, 0.15) is 22.8 Å². The monoisotopic (exact) mass is 294 g/mol. The van der Waals surface area contributed by atoms with Crippen molar-refractivity contribution in [1.29, 1.82) is 0 Å². The molecule has 0 aliphatic heterocycles. The first kappa shape index (κ1) is 17.0. The van der Waals surface area contributed by atoms with E-state index in [9.17, 15) is 9.59 Å². The number of rotatable bonds is 7. The van der Waals surface area contributed by atoms with Gasteiger partial charge in [0.05, 0.1) is 13.7 Å². The molecule has 1 atom stereocenters. The lowest BCUT2D eigenvalue weighted by molar-refractivity contribution is -0.122. The van der Waals surface area contributed by atoms with E-state index in [1.165, 1.54) is 12.0 Å². The summed E-state index contributed by atoms with van der Waals surface area (Å²) in [5.41, 5.74) is 6.68. The highest BCUT2D eigenvalue weighted by Gasteiger charge is 2.25. The van der Waals surface area contributed by atoms with Crippen LogP contribution in [0.15, 0.2) is 18.2 Å². The van der Waals surface area contributed by atoms with Crippen LogP contribution in [0, 0.1) is 6.92 Å². The Labute approximate surface area is 124 Å². The predicted octanol–water partition coefficient (Wildman–Crippen LogP) is 0.966. The molecule has 6 nitrogen and oxygen atoms in total. The summed E-state index contributed by atoms with van der Waals surface area (Å²) in [4.78, 5) is 25.4. The molecule has 1 aromatic carbocycles. The molecule has 1 aromatic rings. The quantitative estimate of drug-likeness (QED) is 0.812. The Balaban J connectivity index is 3.06. The topological polar surface area (TPSA) is 81.9 Å². The Morgan fingerprint density at radius 1 is 1.33 bits per heavy atom. The molecule has 6 heteroatoms. The molecule has 1 unspecified atom stereocenters. The molecule has 2 amide bonds. The number of hydrogen-bond donors (Lipinski definition) is 1. The Bertz CT molecular complexity index is 516. The van der Waals surface area contributed by atoms with Gasteiger partial charge in [-0.3, -0.25) is 9.59 Å². The van der Waals surface area contributed by atoms with Gasteiger partial charge in [-0.25, -0.2) is 0 Å². The number of benzene rings is 1. The third kappa shape index (κ3) is 4.19. The maximum atomic E-state index is 12.6. The first-order chi connectivity index (χ1) is 9.92. The van der Waals surface area contributed by atoms with Crippen LogP contribution in [0.25, 0.3) is 0 Å². The maximum Gasteiger partial charge on any atom is 0.254 e. The number of nitrogens with two attached hydrogens (primary N) is 1. The normalized spacial score (nSPS) is 11.8. The van der Waals surface area contributed by atoms with Crippen molar-refractivity contribution in [3.8, 4) is 5.75 Å². The van der Waals surface area contributed by atoms with Gasteiger partial charge in [-0.05, 0) is 31.5 Å². The highest BCUT2D eigenvalue weighted by Crippen LogP contribution is 2.20. The third-order valence-corrected chi connectivity index (χ3v) is 3.33. The smallest absolute Gasteiger partial charge is 0.254 e. The molecular weight excluding hydrogens is 272 g/mol. The summed E-state index contributed by atoms with van der Waals surface area (Å²) in [7, 11) is 3.08. The lowest BCUT2D eigenvalue weighted by atomic mass is 10.1. The fourth-order valence-corrected chi connectivity index (χ4v) is 1.93. The van der Waals surface area contributed by atoms with Gasteiger partial charge in [0.2, 0.25) is 5.91 Å². The highest BCUT2D eigenvalue weighted by molar-refractivity contribution is 5.97. The van der Waals surface area contributed by atoms with E-state index in [1.807, 2.05) is 6.92 Å². The Hall–Kier alpha value is -2.08. The molecule has 0 saturated heterocycles. The van der Waals surface area contributed by atoms with Crippen molar-refractivity contribution in [3.05, 3.63) is 29.3 Å². The standard InChI is InChI=1S/C15H22N2O4/c1-10-5-6-12(9-13(10)21-4)15(19)17(7-8-20-3)11(2)14(16)18/h5-6,9,11H,7-8H2,1-4H3,(H2,16,18). The van der Waals surface area contributed by atoms with Crippen molar-refractivity contribution in [2.24, 2.45) is 5.73 Å². The van der Waals surface area contributed by atoms with E-state index in [2.05, 4.69) is 0 Å². The first-order valence-electron chi connectivity index (χ1n) is 6.66. The van der Waals surface area contributed by atoms with E-state index in [4.69, 9.17) is 15.2 Å². The van der Waals surface area contributed by atoms with E-state index < -0.39 is 11.9 Å². The van der Waals surface area contributed by atoms with Crippen molar-refractivity contribution >= 4 is 11.8 Å². The zero-order valence-corrected chi connectivity index (χ0v) is 12.9. The van der Waals surface area contributed by atoms with Crippen LogP contribution in [0.3, 0.4) is 0 Å². The number of hydrogen-bond acceptors (Lipinski definition) is 4. The summed E-state index contributed by atoms with van der Waals surface area (Å²) < 4.78 is 10.2. The second-order valence-corrected chi connectivity index (χ2v) is 4.75. The number of ether oxygens (including phenoxy) is 2. The average molecular weight is 294 g/mol. The van der Waals surface area contributed by atoms with Crippen LogP contribution in [-0.4, -0.2) is 50.1 Å². The van der Waals surface area contributed by atoms with E-state index in [1.54, 1.807) is 32.2 Å². The van der Waals surface area contributed by atoms with E-state index >= 15 is 0 Å². The van der Waals surface area contributed by atoms with Crippen molar-refractivity contribution < 1.29 is 19.1 Å². The van der Waals surface area contributed by atoms with Gasteiger partial charge in [0.15, 0.2) is 0 Å². The lowest BCUT2D eigenvalue weighted by Crippen LogP contribution is -2.47. The molecule has 0 aliphatic rings. The van der Waals surface area contributed by atoms with Crippen LogP contribution < -0.4 is 10.5 Å². The van der Waals surface area contributed by atoms with Crippen LogP contribution in [0.4, 0.5) is 0 Å². The molecule has 0 bridgehead atoms. The zero-order valence-electron chi connectivity index (χ0n) is 12.9. The maximum absolute atomic E-state index is 12.6. The summed E-state index contributed by atoms with van der Waals surface area (Å²) in [6, 6.07) is 4.45. The minimum atomic E-state index is -0.708. The molecular formula is C15H22N2O4. The van der Waals surface area contributed by atoms with Crippen molar-refractivity contribution in [2.45, 2.75) is 19.9 Å². The molecule has 1 rings (SSSR count). The number of amides is 2. The van der Waals surface area contributed by atoms with Crippen LogP contribution in [-0.2, 0) is 9.53 Å². The van der Waals surface area contributed by atoms with Gasteiger partial charge in [0.1, 0.15) is 11.8 Å². The Morgan fingerprint density at radius 3 is 2.52 bits per heavy atom. The zero-order chi connectivity index (χ0) is 16.0. The number of primary amides is 1. The van der Waals surface area contributed by atoms with Crippen LogP contribution in [0.5, 0.6) is 5.75 Å². The molecule has 0 heterocycles. The predicted molar refractivity (Wildman–Crippen MR) is 79.3 cm³/mol. The summed E-state index contributed by atoms with van der Waals surface area (Å²) in [5.74, 6) is -0.213. The summed E-state index contributed by atoms with van der Waals surface area (Å²) in [5, 5.41) is 0. The summed E-state index contributed by atoms with van der Waals surface area (Å²) in [6.45, 7) is 4.10. The molecule has 0 spiro atoms. The molecule has 116 valence electrons. The largest absolute Gasteiger partial charge is 0.496 e. The molecule has 0 aromatic heterocycles. The van der Waals surface area contributed by atoms with Gasteiger partial charge in [-0.1, -0.05) is 6.07 Å². The van der Waals surface area contributed by atoms with Gasteiger partial charge >= 0.3 is 0 Å². The number of aryl methyl sites for hydroxylation is 1. The van der Waals surface area contributed by atoms with E-state index in [0.29, 0.717) is 17.9 Å². The SMILES string of the molecule is COCCN(C(=O)c1ccc(C)c(OC)c1)C(C)C(N)=O. The van der Waals surface area contributed by atoms with Gasteiger partial charge < -0.3 is 20.1 Å². The fraction of sp³-hybridized carbons (Fsp3) is 0.467. The number of carbonyl (C=O) groups is 2. The second-order valence-electron chi connectivity index (χ2n) is 4.75. The lowest BCUT2D eigenvalue weighted by Gasteiger charge is -2.27. The van der Waals surface area contributed by atoms with Gasteiger partial charge in [-0.15, -0.1) is 0 Å². The Morgan fingerprint density at radius 2 is 2.00 bits per heavy atom. The molecule has 0 aliphatic carbocycles. The number of methoxy groups -OCH3 is 2. The fourth-order valence-electron chi connectivity index (χ4n) is 1.93. The van der Waals surface area contributed by atoms with Gasteiger partial charge in [-0.2, -0.15) is 0 Å². The second kappa shape index (κ2) is 7.64. The molecule has 0 radical (unpaired) electrons. The number of carbonyl (C=O) groups excluding carboxylic acids is 2. The minimum absolute atomic E-state index is 0.281. The van der Waals surface area contributed by atoms with Gasteiger partial charge in [0, 0.05) is 19.2 Å². The van der Waals surface area contributed by atoms with Crippen molar-refractivity contribution in [2.75, 3.05) is 27.4 Å². The first-order valence-corrected chi connectivity index (χ1v) is 6.66. The number of nitrogens with zero attached hydrogens (tertiary/aromatic N) is 1. The van der Waals surface area contributed by atoms with Crippen molar-refractivity contribution in [1.82, 2.24) is 4.90 Å². The van der Waals surface area contributed by atoms with Crippen molar-refractivity contribution in [3.63, 3.8) is 0 Å². The van der Waals surface area contributed by atoms with E-state index in [-0.39, 0.29) is 12.5 Å². The molecule has 0 fully saturated rings. The highest BCUT2D eigenvalue weighted by atomic mass is 16.5. The summed E-state index contributed by atoms with van der Waals surface area (Å²) >= 11 is 0. The van der Waals surface area contributed by atoms with Crippen LogP contribution in [0.2, 0.25) is 0 Å². The van der Waals surface area contributed by atoms with Crippen LogP contribution >= 0.6 is 0 Å². The molecule has 2 N–H and O–H groups in total. The average Bonchev–Trinajstić information content (AvgIpc) is 2.47. The summed E-state index contributed by atoms with van der Waals surface area (Å²) in [6.07, 6.45) is 0. The third-order valence-electron chi connectivity index (χ3n) is 3.33. The minimum Gasteiger partial charge on any atom is -0.496 e. The molecule has 21 heavy (non-hydrogen) atoms. The Kier molecular flexibility index (Phi) is 6.17.